The number of nitrogens with zero attached hydrogens (tertiary/aromatic N) is 2. The van der Waals surface area contributed by atoms with E-state index in [9.17, 15) is 13.6 Å². The fourth-order valence-electron chi connectivity index (χ4n) is 1.71. The van der Waals surface area contributed by atoms with Gasteiger partial charge in [0.15, 0.2) is 22.4 Å². The standard InChI is InChI=1S/C14H11ClF2N2O3/c1-3-22-14(20)12-13(15)18-6-10(19-12)7-4-9(17)11(21-2)5-8(7)16/h4-6H,3H2,1-2H3. The summed E-state index contributed by atoms with van der Waals surface area (Å²) >= 11 is 5.77. The number of carbonyl (C=O) groups is 1. The van der Waals surface area contributed by atoms with Crippen molar-refractivity contribution in [3.05, 3.63) is 40.8 Å². The highest BCUT2D eigenvalue weighted by molar-refractivity contribution is 6.32. The third-order valence-electron chi connectivity index (χ3n) is 2.71. The first-order valence-corrected chi connectivity index (χ1v) is 6.58. The number of rotatable bonds is 4. The maximum absolute atomic E-state index is 14.0. The zero-order chi connectivity index (χ0) is 16.3. The molecular formula is C14H11ClF2N2O3. The summed E-state index contributed by atoms with van der Waals surface area (Å²) in [4.78, 5) is 19.4. The molecule has 2 rings (SSSR count). The Balaban J connectivity index is 2.52. The van der Waals surface area contributed by atoms with Gasteiger partial charge < -0.3 is 9.47 Å². The normalized spacial score (nSPS) is 10.4. The smallest absolute Gasteiger partial charge is 0.360 e. The van der Waals surface area contributed by atoms with Gasteiger partial charge in [0.1, 0.15) is 5.82 Å². The molecule has 0 radical (unpaired) electrons. The van der Waals surface area contributed by atoms with Gasteiger partial charge in [0, 0.05) is 11.6 Å². The van der Waals surface area contributed by atoms with Crippen molar-refractivity contribution in [3.8, 4) is 17.0 Å². The number of carbonyl (C=O) groups excluding carboxylic acids is 1. The van der Waals surface area contributed by atoms with Gasteiger partial charge in [0.2, 0.25) is 0 Å². The first-order chi connectivity index (χ1) is 10.5. The topological polar surface area (TPSA) is 61.3 Å². The van der Waals surface area contributed by atoms with E-state index in [1.165, 1.54) is 7.11 Å². The van der Waals surface area contributed by atoms with Crippen LogP contribution >= 0.6 is 11.6 Å². The van der Waals surface area contributed by atoms with Crippen LogP contribution < -0.4 is 4.74 Å². The average Bonchev–Trinajstić information content (AvgIpc) is 2.50. The first kappa shape index (κ1) is 16.1. The van der Waals surface area contributed by atoms with Crippen LogP contribution in [0.5, 0.6) is 5.75 Å². The van der Waals surface area contributed by atoms with Gasteiger partial charge >= 0.3 is 5.97 Å². The van der Waals surface area contributed by atoms with Crippen LogP contribution in [0, 0.1) is 11.6 Å². The summed E-state index contributed by atoms with van der Waals surface area (Å²) in [5.74, 6) is -2.58. The summed E-state index contributed by atoms with van der Waals surface area (Å²) in [7, 11) is 1.22. The Labute approximate surface area is 129 Å². The molecule has 116 valence electrons. The molecule has 1 aromatic heterocycles. The van der Waals surface area contributed by atoms with Crippen LogP contribution in [-0.2, 0) is 4.74 Å². The van der Waals surface area contributed by atoms with Gasteiger partial charge in [0.25, 0.3) is 0 Å². The van der Waals surface area contributed by atoms with Crippen molar-refractivity contribution in [2.24, 2.45) is 0 Å². The Morgan fingerprint density at radius 2 is 2.05 bits per heavy atom. The van der Waals surface area contributed by atoms with E-state index in [2.05, 4.69) is 14.7 Å². The van der Waals surface area contributed by atoms with Gasteiger partial charge in [-0.05, 0) is 13.0 Å². The largest absolute Gasteiger partial charge is 0.494 e. The molecule has 0 aliphatic carbocycles. The monoisotopic (exact) mass is 328 g/mol. The van der Waals surface area contributed by atoms with Crippen LogP contribution in [0.25, 0.3) is 11.3 Å². The van der Waals surface area contributed by atoms with Gasteiger partial charge in [-0.2, -0.15) is 0 Å². The summed E-state index contributed by atoms with van der Waals surface area (Å²) in [5, 5.41) is -0.184. The molecule has 22 heavy (non-hydrogen) atoms. The van der Waals surface area contributed by atoms with Crippen LogP contribution in [-0.4, -0.2) is 29.7 Å². The second-order valence-electron chi connectivity index (χ2n) is 4.08. The number of methoxy groups -OCH3 is 1. The zero-order valence-corrected chi connectivity index (χ0v) is 12.4. The number of aromatic nitrogens is 2. The minimum atomic E-state index is -0.795. The molecular weight excluding hydrogens is 318 g/mol. The molecule has 0 spiro atoms. The van der Waals surface area contributed by atoms with Gasteiger partial charge in [-0.3, -0.25) is 0 Å². The number of benzene rings is 1. The molecule has 1 aromatic carbocycles. The van der Waals surface area contributed by atoms with E-state index in [0.29, 0.717) is 0 Å². The second-order valence-corrected chi connectivity index (χ2v) is 4.44. The lowest BCUT2D eigenvalue weighted by molar-refractivity contribution is 0.0519. The van der Waals surface area contributed by atoms with Crippen LogP contribution in [0.15, 0.2) is 18.3 Å². The molecule has 0 atom stereocenters. The Hall–Kier alpha value is -2.28. The van der Waals surface area contributed by atoms with E-state index in [4.69, 9.17) is 16.3 Å². The Kier molecular flexibility index (Phi) is 4.87. The fraction of sp³-hybridized carbons (Fsp3) is 0.214. The maximum Gasteiger partial charge on any atom is 0.360 e. The molecule has 5 nitrogen and oxygen atoms in total. The summed E-state index contributed by atoms with van der Waals surface area (Å²) in [6.45, 7) is 1.73. The lowest BCUT2D eigenvalue weighted by atomic mass is 10.1. The molecule has 0 bridgehead atoms. The number of halogens is 3. The summed E-state index contributed by atoms with van der Waals surface area (Å²) < 4.78 is 37.2. The lowest BCUT2D eigenvalue weighted by Gasteiger charge is -2.08. The molecule has 0 amide bonds. The van der Waals surface area contributed by atoms with Crippen LogP contribution in [0.3, 0.4) is 0 Å². The van der Waals surface area contributed by atoms with Gasteiger partial charge in [-0.1, -0.05) is 11.6 Å². The van der Waals surface area contributed by atoms with Gasteiger partial charge in [-0.25, -0.2) is 23.5 Å². The minimum absolute atomic E-state index is 0.0495. The minimum Gasteiger partial charge on any atom is -0.494 e. The van der Waals surface area contributed by atoms with E-state index >= 15 is 0 Å². The van der Waals surface area contributed by atoms with Crippen molar-refractivity contribution in [2.75, 3.05) is 13.7 Å². The van der Waals surface area contributed by atoms with Crippen molar-refractivity contribution < 1.29 is 23.0 Å². The number of hydrogen-bond acceptors (Lipinski definition) is 5. The highest BCUT2D eigenvalue weighted by Gasteiger charge is 2.19. The number of ether oxygens (including phenoxy) is 2. The average molecular weight is 329 g/mol. The predicted octanol–water partition coefficient (Wildman–Crippen LogP) is 3.26. The summed E-state index contributed by atoms with van der Waals surface area (Å²) in [6, 6.07) is 1.78. The van der Waals surface area contributed by atoms with Crippen LogP contribution in [0.2, 0.25) is 5.15 Å². The maximum atomic E-state index is 14.0. The van der Waals surface area contributed by atoms with E-state index in [1.807, 2.05) is 0 Å². The molecule has 0 saturated heterocycles. The molecule has 1 heterocycles. The number of hydrogen-bond donors (Lipinski definition) is 0. The van der Waals surface area contributed by atoms with Crippen molar-refractivity contribution in [1.82, 2.24) is 9.97 Å². The highest BCUT2D eigenvalue weighted by Crippen LogP contribution is 2.28. The molecule has 2 aromatic rings. The van der Waals surface area contributed by atoms with E-state index < -0.39 is 17.6 Å². The SMILES string of the molecule is CCOC(=O)c1nc(-c2cc(F)c(OC)cc2F)cnc1Cl. The van der Waals surface area contributed by atoms with Crippen molar-refractivity contribution >= 4 is 17.6 Å². The third kappa shape index (κ3) is 3.14. The van der Waals surface area contributed by atoms with E-state index in [-0.39, 0.29) is 34.5 Å². The highest BCUT2D eigenvalue weighted by atomic mass is 35.5. The van der Waals surface area contributed by atoms with E-state index in [1.54, 1.807) is 6.92 Å². The second kappa shape index (κ2) is 6.65. The van der Waals surface area contributed by atoms with Crippen LogP contribution in [0.4, 0.5) is 8.78 Å². The zero-order valence-electron chi connectivity index (χ0n) is 11.7. The van der Waals surface area contributed by atoms with Crippen molar-refractivity contribution in [3.63, 3.8) is 0 Å². The molecule has 0 unspecified atom stereocenters. The molecule has 0 aliphatic rings. The van der Waals surface area contributed by atoms with Gasteiger partial charge in [-0.15, -0.1) is 0 Å². The quantitative estimate of drug-likeness (QED) is 0.806. The first-order valence-electron chi connectivity index (χ1n) is 6.21. The predicted molar refractivity (Wildman–Crippen MR) is 74.9 cm³/mol. The van der Waals surface area contributed by atoms with Crippen molar-refractivity contribution in [2.45, 2.75) is 6.92 Å². The fourth-order valence-corrected chi connectivity index (χ4v) is 1.88. The molecule has 8 heteroatoms. The Bertz CT molecular complexity index is 725. The molecule has 0 N–H and O–H groups in total. The Morgan fingerprint density at radius 3 is 2.68 bits per heavy atom. The molecule has 0 saturated carbocycles. The summed E-state index contributed by atoms with van der Waals surface area (Å²) in [6.07, 6.45) is 1.13. The lowest BCUT2D eigenvalue weighted by Crippen LogP contribution is -2.10. The number of esters is 1. The van der Waals surface area contributed by atoms with Gasteiger partial charge in [0.05, 0.1) is 25.6 Å². The van der Waals surface area contributed by atoms with Crippen molar-refractivity contribution in [1.29, 1.82) is 0 Å². The summed E-state index contributed by atoms with van der Waals surface area (Å²) in [5.41, 5.74) is -0.490. The molecule has 0 aliphatic heterocycles. The van der Waals surface area contributed by atoms with Crippen LogP contribution in [0.1, 0.15) is 17.4 Å². The Morgan fingerprint density at radius 1 is 1.32 bits per heavy atom. The van der Waals surface area contributed by atoms with E-state index in [0.717, 1.165) is 18.3 Å². The molecule has 0 fully saturated rings. The third-order valence-corrected chi connectivity index (χ3v) is 2.99.